The smallest absolute Gasteiger partial charge is 0.311 e. The molecule has 0 aromatic carbocycles. The van der Waals surface area contributed by atoms with Crippen LogP contribution in [-0.4, -0.2) is 23.3 Å². The van der Waals surface area contributed by atoms with Crippen molar-refractivity contribution in [1.82, 2.24) is 0 Å². The van der Waals surface area contributed by atoms with Gasteiger partial charge < -0.3 is 9.84 Å². The van der Waals surface area contributed by atoms with Gasteiger partial charge in [-0.1, -0.05) is 13.8 Å². The van der Waals surface area contributed by atoms with Crippen LogP contribution >= 0.6 is 0 Å². The minimum absolute atomic E-state index is 0.246. The van der Waals surface area contributed by atoms with Crippen molar-refractivity contribution in [3.05, 3.63) is 0 Å². The lowest BCUT2D eigenvalue weighted by molar-refractivity contribution is -0.171. The maximum Gasteiger partial charge on any atom is 0.311 e. The second-order valence-corrected chi connectivity index (χ2v) is 4.33. The molecule has 1 unspecified atom stereocenters. The lowest BCUT2D eigenvalue weighted by Crippen LogP contribution is -2.52. The number of ether oxygens (including phenoxy) is 1. The summed E-state index contributed by atoms with van der Waals surface area (Å²) in [5, 5.41) is 10.1. The molecule has 0 aromatic heterocycles. The molecule has 3 heteroatoms. The molecule has 1 aliphatic rings. The first-order chi connectivity index (χ1) is 6.53. The van der Waals surface area contributed by atoms with Gasteiger partial charge in [-0.25, -0.2) is 0 Å². The fraction of sp³-hybridized carbons (Fsp3) is 0.909. The van der Waals surface area contributed by atoms with Gasteiger partial charge >= 0.3 is 5.97 Å². The van der Waals surface area contributed by atoms with Crippen molar-refractivity contribution in [3.63, 3.8) is 0 Å². The zero-order valence-corrected chi connectivity index (χ0v) is 9.25. The van der Waals surface area contributed by atoms with Crippen LogP contribution in [0.25, 0.3) is 0 Å². The van der Waals surface area contributed by atoms with E-state index in [1.807, 2.05) is 6.92 Å². The molecule has 3 nitrogen and oxygen atoms in total. The van der Waals surface area contributed by atoms with Crippen LogP contribution in [0.5, 0.6) is 0 Å². The fourth-order valence-corrected chi connectivity index (χ4v) is 2.44. The number of aliphatic hydroxyl groups is 1. The quantitative estimate of drug-likeness (QED) is 0.703. The van der Waals surface area contributed by atoms with E-state index >= 15 is 0 Å². The molecule has 0 saturated heterocycles. The summed E-state index contributed by atoms with van der Waals surface area (Å²) in [5.74, 6) is -0.0495. The highest BCUT2D eigenvalue weighted by Gasteiger charge is 2.49. The molecule has 1 rings (SSSR count). The second-order valence-electron chi connectivity index (χ2n) is 4.33. The van der Waals surface area contributed by atoms with Crippen molar-refractivity contribution >= 4 is 5.97 Å². The number of esters is 1. The maximum atomic E-state index is 11.5. The third-order valence-corrected chi connectivity index (χ3v) is 3.03. The number of carbonyl (C=O) groups is 1. The van der Waals surface area contributed by atoms with Crippen molar-refractivity contribution in [2.45, 2.75) is 45.6 Å². The average molecular weight is 200 g/mol. The van der Waals surface area contributed by atoms with E-state index in [0.29, 0.717) is 18.9 Å². The summed E-state index contributed by atoms with van der Waals surface area (Å²) in [5.41, 5.74) is -0.791. The second kappa shape index (κ2) is 4.30. The first-order valence-corrected chi connectivity index (χ1v) is 5.42. The van der Waals surface area contributed by atoms with Crippen LogP contribution in [0, 0.1) is 11.8 Å². The van der Waals surface area contributed by atoms with Crippen LogP contribution < -0.4 is 0 Å². The van der Waals surface area contributed by atoms with Crippen molar-refractivity contribution in [1.29, 1.82) is 0 Å². The number of hydrogen-bond donors (Lipinski definition) is 1. The summed E-state index contributed by atoms with van der Waals surface area (Å²) in [6, 6.07) is 0. The van der Waals surface area contributed by atoms with E-state index in [4.69, 9.17) is 4.74 Å². The molecule has 1 fully saturated rings. The highest BCUT2D eigenvalue weighted by molar-refractivity contribution is 5.74. The van der Waals surface area contributed by atoms with Crippen LogP contribution in [0.3, 0.4) is 0 Å². The van der Waals surface area contributed by atoms with Crippen molar-refractivity contribution in [3.8, 4) is 0 Å². The zero-order valence-electron chi connectivity index (χ0n) is 9.25. The molecule has 1 N–H and O–H groups in total. The summed E-state index contributed by atoms with van der Waals surface area (Å²) in [4.78, 5) is 11.5. The van der Waals surface area contributed by atoms with Crippen LogP contribution in [0.4, 0.5) is 0 Å². The summed E-state index contributed by atoms with van der Waals surface area (Å²) in [6.45, 7) is 6.19. The Morgan fingerprint density at radius 1 is 1.57 bits per heavy atom. The van der Waals surface area contributed by atoms with Gasteiger partial charge in [-0.3, -0.25) is 4.79 Å². The molecule has 0 spiro atoms. The van der Waals surface area contributed by atoms with Crippen LogP contribution in [0.15, 0.2) is 0 Å². The minimum Gasteiger partial charge on any atom is -0.466 e. The zero-order chi connectivity index (χ0) is 10.8. The molecule has 0 aliphatic heterocycles. The minimum atomic E-state index is -0.791. The Bertz CT molecular complexity index is 207. The molecule has 0 heterocycles. The first kappa shape index (κ1) is 11.5. The molecule has 1 aliphatic carbocycles. The third-order valence-electron chi connectivity index (χ3n) is 3.03. The van der Waals surface area contributed by atoms with E-state index < -0.39 is 5.60 Å². The summed E-state index contributed by atoms with van der Waals surface area (Å²) >= 11 is 0. The van der Waals surface area contributed by atoms with Gasteiger partial charge in [-0.05, 0) is 32.1 Å². The van der Waals surface area contributed by atoms with Gasteiger partial charge in [0.25, 0.3) is 0 Å². The standard InChI is InChI=1S/C11H20O3/c1-4-9(10(12)14-5-2)11(13)6-8(3)7-11/h8-9,13H,4-7H2,1-3H3. The largest absolute Gasteiger partial charge is 0.466 e. The Morgan fingerprint density at radius 2 is 2.14 bits per heavy atom. The maximum absolute atomic E-state index is 11.5. The Balaban J connectivity index is 2.58. The van der Waals surface area contributed by atoms with E-state index in [2.05, 4.69) is 6.92 Å². The van der Waals surface area contributed by atoms with Crippen LogP contribution in [0.1, 0.15) is 40.0 Å². The van der Waals surface area contributed by atoms with Gasteiger partial charge in [0.15, 0.2) is 0 Å². The molecule has 1 atom stereocenters. The van der Waals surface area contributed by atoms with Crippen molar-refractivity contribution in [2.75, 3.05) is 6.61 Å². The number of rotatable bonds is 4. The Morgan fingerprint density at radius 3 is 2.50 bits per heavy atom. The highest BCUT2D eigenvalue weighted by atomic mass is 16.5. The van der Waals surface area contributed by atoms with Gasteiger partial charge in [0.2, 0.25) is 0 Å². The molecular formula is C11H20O3. The predicted octanol–water partition coefficient (Wildman–Crippen LogP) is 1.74. The fourth-order valence-electron chi connectivity index (χ4n) is 2.44. The lowest BCUT2D eigenvalue weighted by Gasteiger charge is -2.46. The van der Waals surface area contributed by atoms with Crippen molar-refractivity contribution < 1.29 is 14.6 Å². The van der Waals surface area contributed by atoms with Crippen LogP contribution in [0.2, 0.25) is 0 Å². The number of hydrogen-bond acceptors (Lipinski definition) is 3. The van der Waals surface area contributed by atoms with Gasteiger partial charge in [0.05, 0.1) is 18.1 Å². The predicted molar refractivity (Wildman–Crippen MR) is 53.8 cm³/mol. The Hall–Kier alpha value is -0.570. The Labute approximate surface area is 85.5 Å². The average Bonchev–Trinajstić information content (AvgIpc) is 2.03. The van der Waals surface area contributed by atoms with Crippen molar-refractivity contribution in [2.24, 2.45) is 11.8 Å². The van der Waals surface area contributed by atoms with Gasteiger partial charge in [-0.15, -0.1) is 0 Å². The van der Waals surface area contributed by atoms with E-state index in [1.54, 1.807) is 6.92 Å². The number of carbonyl (C=O) groups excluding carboxylic acids is 1. The summed E-state index contributed by atoms with van der Waals surface area (Å²) in [7, 11) is 0. The van der Waals surface area contributed by atoms with Gasteiger partial charge in [0.1, 0.15) is 0 Å². The van der Waals surface area contributed by atoms with Gasteiger partial charge in [-0.2, -0.15) is 0 Å². The monoisotopic (exact) mass is 200 g/mol. The molecule has 0 amide bonds. The first-order valence-electron chi connectivity index (χ1n) is 5.42. The summed E-state index contributed by atoms with van der Waals surface area (Å²) < 4.78 is 4.95. The topological polar surface area (TPSA) is 46.5 Å². The molecular weight excluding hydrogens is 180 g/mol. The highest BCUT2D eigenvalue weighted by Crippen LogP contribution is 2.44. The molecule has 1 saturated carbocycles. The molecule has 14 heavy (non-hydrogen) atoms. The lowest BCUT2D eigenvalue weighted by atomic mass is 9.64. The van der Waals surface area contributed by atoms with Gasteiger partial charge in [0, 0.05) is 0 Å². The molecule has 0 radical (unpaired) electrons. The third kappa shape index (κ3) is 2.08. The molecule has 82 valence electrons. The molecule has 0 bridgehead atoms. The summed E-state index contributed by atoms with van der Waals surface area (Å²) in [6.07, 6.45) is 2.11. The van der Waals surface area contributed by atoms with E-state index in [1.165, 1.54) is 0 Å². The normalized spacial score (nSPS) is 33.3. The van der Waals surface area contributed by atoms with Crippen LogP contribution in [-0.2, 0) is 9.53 Å². The molecule has 0 aromatic rings. The van der Waals surface area contributed by atoms with E-state index in [9.17, 15) is 9.90 Å². The van der Waals surface area contributed by atoms with E-state index in [0.717, 1.165) is 12.8 Å². The Kier molecular flexibility index (Phi) is 3.53. The SMILES string of the molecule is CCOC(=O)C(CC)C1(O)CC(C)C1. The van der Waals surface area contributed by atoms with E-state index in [-0.39, 0.29) is 11.9 Å².